The van der Waals surface area contributed by atoms with Crippen molar-refractivity contribution in [3.8, 4) is 0 Å². The zero-order valence-corrected chi connectivity index (χ0v) is 17.3. The van der Waals surface area contributed by atoms with E-state index >= 15 is 0 Å². The highest BCUT2D eigenvalue weighted by Gasteiger charge is 2.34. The number of amides is 1. The first kappa shape index (κ1) is 19.1. The molecule has 1 aromatic heterocycles. The van der Waals surface area contributed by atoms with Gasteiger partial charge in [0.25, 0.3) is 5.91 Å². The highest BCUT2D eigenvalue weighted by Crippen LogP contribution is 2.24. The van der Waals surface area contributed by atoms with Crippen LogP contribution in [0, 0.1) is 13.8 Å². The maximum atomic E-state index is 13.0. The number of sulfonamides is 1. The van der Waals surface area contributed by atoms with Crippen molar-refractivity contribution in [1.29, 1.82) is 0 Å². The van der Waals surface area contributed by atoms with Crippen LogP contribution in [0.15, 0.2) is 33.6 Å². The van der Waals surface area contributed by atoms with Gasteiger partial charge >= 0.3 is 0 Å². The maximum absolute atomic E-state index is 13.0. The summed E-state index contributed by atoms with van der Waals surface area (Å²) in [6.45, 7) is 4.73. The normalized spacial score (nSPS) is 16.1. The van der Waals surface area contributed by atoms with Crippen LogP contribution in [0.25, 0.3) is 0 Å². The van der Waals surface area contributed by atoms with Crippen LogP contribution in [-0.2, 0) is 17.1 Å². The molecule has 26 heavy (non-hydrogen) atoms. The first-order valence-electron chi connectivity index (χ1n) is 8.27. The summed E-state index contributed by atoms with van der Waals surface area (Å²) in [4.78, 5) is 14.6. The van der Waals surface area contributed by atoms with Crippen molar-refractivity contribution >= 4 is 31.9 Å². The molecule has 2 heterocycles. The summed E-state index contributed by atoms with van der Waals surface area (Å²) in [6.07, 6.45) is 0. The van der Waals surface area contributed by atoms with Gasteiger partial charge < -0.3 is 4.90 Å². The summed E-state index contributed by atoms with van der Waals surface area (Å²) in [5.41, 5.74) is 1.71. The largest absolute Gasteiger partial charge is 0.336 e. The fraction of sp³-hybridized carbons (Fsp3) is 0.412. The number of nitrogens with zero attached hydrogens (tertiary/aromatic N) is 4. The Balaban J connectivity index is 1.75. The van der Waals surface area contributed by atoms with E-state index in [9.17, 15) is 13.2 Å². The van der Waals surface area contributed by atoms with Gasteiger partial charge in [-0.25, -0.2) is 8.42 Å². The number of aromatic nitrogens is 2. The third kappa shape index (κ3) is 3.43. The van der Waals surface area contributed by atoms with E-state index in [4.69, 9.17) is 0 Å². The topological polar surface area (TPSA) is 75.5 Å². The Bertz CT molecular complexity index is 947. The Morgan fingerprint density at radius 1 is 1.15 bits per heavy atom. The fourth-order valence-corrected chi connectivity index (χ4v) is 5.41. The van der Waals surface area contributed by atoms with E-state index in [1.807, 2.05) is 12.1 Å². The van der Waals surface area contributed by atoms with Crippen LogP contribution < -0.4 is 0 Å². The molecule has 140 valence electrons. The second kappa shape index (κ2) is 7.13. The first-order valence-corrected chi connectivity index (χ1v) is 10.5. The lowest BCUT2D eigenvalue weighted by Crippen LogP contribution is -2.50. The summed E-state index contributed by atoms with van der Waals surface area (Å²) < 4.78 is 29.9. The molecule has 9 heteroatoms. The molecule has 0 bridgehead atoms. The van der Waals surface area contributed by atoms with Gasteiger partial charge in [0, 0.05) is 43.3 Å². The van der Waals surface area contributed by atoms with Crippen molar-refractivity contribution in [2.45, 2.75) is 18.7 Å². The smallest absolute Gasteiger partial charge is 0.253 e. The number of halogens is 1. The molecule has 0 saturated carbocycles. The minimum absolute atomic E-state index is 0.0860. The van der Waals surface area contributed by atoms with Crippen molar-refractivity contribution in [2.24, 2.45) is 7.05 Å². The zero-order valence-electron chi connectivity index (χ0n) is 14.9. The van der Waals surface area contributed by atoms with Crippen molar-refractivity contribution in [3.05, 3.63) is 45.7 Å². The summed E-state index contributed by atoms with van der Waals surface area (Å²) >= 11 is 3.37. The van der Waals surface area contributed by atoms with Gasteiger partial charge in [-0.15, -0.1) is 0 Å². The molecule has 0 spiro atoms. The van der Waals surface area contributed by atoms with Crippen LogP contribution in [0.4, 0.5) is 0 Å². The molecular formula is C17H21BrN4O3S. The minimum Gasteiger partial charge on any atom is -0.336 e. The lowest BCUT2D eigenvalue weighted by molar-refractivity contribution is 0.0697. The molecule has 1 aliphatic rings. The van der Waals surface area contributed by atoms with E-state index in [-0.39, 0.29) is 23.9 Å². The third-order valence-electron chi connectivity index (χ3n) is 4.64. The number of hydrogen-bond donors (Lipinski definition) is 0. The van der Waals surface area contributed by atoms with E-state index in [1.165, 1.54) is 4.31 Å². The van der Waals surface area contributed by atoms with Crippen molar-refractivity contribution in [3.63, 3.8) is 0 Å². The number of carbonyl (C=O) groups excluding carboxylic acids is 1. The Morgan fingerprint density at radius 2 is 1.81 bits per heavy atom. The van der Waals surface area contributed by atoms with Crippen LogP contribution in [-0.4, -0.2) is 59.5 Å². The van der Waals surface area contributed by atoms with Crippen LogP contribution in [0.1, 0.15) is 21.7 Å². The number of rotatable bonds is 3. The molecule has 0 aliphatic carbocycles. The van der Waals surface area contributed by atoms with E-state index < -0.39 is 10.0 Å². The van der Waals surface area contributed by atoms with Gasteiger partial charge in [0.15, 0.2) is 0 Å². The van der Waals surface area contributed by atoms with Crippen molar-refractivity contribution in [2.75, 3.05) is 26.2 Å². The highest BCUT2D eigenvalue weighted by atomic mass is 79.9. The Kier molecular flexibility index (Phi) is 5.23. The van der Waals surface area contributed by atoms with Gasteiger partial charge in [-0.1, -0.05) is 22.0 Å². The van der Waals surface area contributed by atoms with Gasteiger partial charge in [-0.2, -0.15) is 9.40 Å². The van der Waals surface area contributed by atoms with E-state index in [2.05, 4.69) is 21.0 Å². The van der Waals surface area contributed by atoms with E-state index in [0.29, 0.717) is 30.0 Å². The number of aryl methyl sites for hydroxylation is 2. The molecule has 3 rings (SSSR count). The number of hydrogen-bond acceptors (Lipinski definition) is 4. The highest BCUT2D eigenvalue weighted by molar-refractivity contribution is 9.10. The lowest BCUT2D eigenvalue weighted by Gasteiger charge is -2.34. The van der Waals surface area contributed by atoms with Crippen molar-refractivity contribution in [1.82, 2.24) is 19.0 Å². The molecule has 1 saturated heterocycles. The van der Waals surface area contributed by atoms with E-state index in [1.54, 1.807) is 42.6 Å². The zero-order chi connectivity index (χ0) is 19.1. The lowest BCUT2D eigenvalue weighted by atomic mass is 10.2. The molecule has 0 unspecified atom stereocenters. The SMILES string of the molecule is Cc1nn(C)c(C)c1S(=O)(=O)N1CCN(C(=O)c2cccc(Br)c2)CC1. The molecule has 0 N–H and O–H groups in total. The van der Waals surface area contributed by atoms with Gasteiger partial charge in [0.1, 0.15) is 4.90 Å². The molecule has 2 aromatic rings. The molecule has 0 radical (unpaired) electrons. The quantitative estimate of drug-likeness (QED) is 0.730. The number of carbonyl (C=O) groups is 1. The average Bonchev–Trinajstić information content (AvgIpc) is 2.87. The van der Waals surface area contributed by atoms with Gasteiger partial charge in [-0.3, -0.25) is 9.48 Å². The average molecular weight is 441 g/mol. The molecule has 1 aromatic carbocycles. The van der Waals surface area contributed by atoms with Crippen molar-refractivity contribution < 1.29 is 13.2 Å². The minimum atomic E-state index is -3.62. The summed E-state index contributed by atoms with van der Waals surface area (Å²) in [5.74, 6) is -0.0860. The fourth-order valence-electron chi connectivity index (χ4n) is 3.19. The third-order valence-corrected chi connectivity index (χ3v) is 7.28. The predicted octanol–water partition coefficient (Wildman–Crippen LogP) is 1.95. The monoisotopic (exact) mass is 440 g/mol. The first-order chi connectivity index (χ1) is 12.2. The molecule has 0 atom stereocenters. The second-order valence-electron chi connectivity index (χ2n) is 6.33. The van der Waals surface area contributed by atoms with Gasteiger partial charge in [-0.05, 0) is 32.0 Å². The molecular weight excluding hydrogens is 420 g/mol. The predicted molar refractivity (Wildman–Crippen MR) is 101 cm³/mol. The van der Waals surface area contributed by atoms with Crippen LogP contribution >= 0.6 is 15.9 Å². The van der Waals surface area contributed by atoms with Crippen LogP contribution in [0.2, 0.25) is 0 Å². The molecule has 7 nitrogen and oxygen atoms in total. The Labute approximate surface area is 161 Å². The summed E-state index contributed by atoms with van der Waals surface area (Å²) in [7, 11) is -1.89. The maximum Gasteiger partial charge on any atom is 0.253 e. The molecule has 1 aliphatic heterocycles. The number of piperazine rings is 1. The van der Waals surface area contributed by atoms with Gasteiger partial charge in [0.05, 0.1) is 11.4 Å². The second-order valence-corrected chi connectivity index (χ2v) is 9.12. The summed E-state index contributed by atoms with van der Waals surface area (Å²) in [6, 6.07) is 7.21. The Hall–Kier alpha value is -1.71. The van der Waals surface area contributed by atoms with E-state index in [0.717, 1.165) is 4.47 Å². The molecule has 1 amide bonds. The van der Waals surface area contributed by atoms with Crippen LogP contribution in [0.5, 0.6) is 0 Å². The Morgan fingerprint density at radius 3 is 2.35 bits per heavy atom. The number of benzene rings is 1. The van der Waals surface area contributed by atoms with Gasteiger partial charge in [0.2, 0.25) is 10.0 Å². The summed E-state index contributed by atoms with van der Waals surface area (Å²) in [5, 5.41) is 4.20. The standard InChI is InChI=1S/C17H21BrN4O3S/c1-12-16(13(2)20(3)19-12)26(24,25)22-9-7-21(8-10-22)17(23)14-5-4-6-15(18)11-14/h4-6,11H,7-10H2,1-3H3. The van der Waals surface area contributed by atoms with Crippen LogP contribution in [0.3, 0.4) is 0 Å². The molecule has 1 fully saturated rings.